The maximum absolute atomic E-state index is 8.66. The van der Waals surface area contributed by atoms with E-state index in [0.717, 1.165) is 11.3 Å². The van der Waals surface area contributed by atoms with Gasteiger partial charge in [-0.3, -0.25) is 4.68 Å². The van der Waals surface area contributed by atoms with Crippen LogP contribution in [0.5, 0.6) is 0 Å². The van der Waals surface area contributed by atoms with E-state index in [1.807, 2.05) is 13.2 Å². The molecule has 82 valence electrons. The number of aryl methyl sites for hydroxylation is 1. The summed E-state index contributed by atoms with van der Waals surface area (Å²) < 4.78 is 1.78. The number of aromatic nitrogens is 2. The predicted molar refractivity (Wildman–Crippen MR) is 60.5 cm³/mol. The number of aliphatic hydroxyl groups excluding tert-OH is 1. The highest BCUT2D eigenvalue weighted by molar-refractivity contribution is 5.39. The molecule has 0 aliphatic heterocycles. The van der Waals surface area contributed by atoms with E-state index in [2.05, 4.69) is 37.7 Å². The maximum atomic E-state index is 8.66. The van der Waals surface area contributed by atoms with E-state index in [-0.39, 0.29) is 12.0 Å². The Labute approximate surface area is 91.1 Å². The zero-order chi connectivity index (χ0) is 11.5. The van der Waals surface area contributed by atoms with E-state index in [1.54, 1.807) is 4.68 Å². The topological polar surface area (TPSA) is 38.0 Å². The SMILES string of the molecule is Cn1cc(C#CCCO)c(C(C)(C)C)n1. The fraction of sp³-hybridized carbons (Fsp3) is 0.583. The number of rotatable bonds is 1. The van der Waals surface area contributed by atoms with E-state index < -0.39 is 0 Å². The molecule has 0 saturated carbocycles. The van der Waals surface area contributed by atoms with Crippen LogP contribution in [0.25, 0.3) is 0 Å². The van der Waals surface area contributed by atoms with Crippen LogP contribution < -0.4 is 0 Å². The van der Waals surface area contributed by atoms with Gasteiger partial charge in [0.05, 0.1) is 17.9 Å². The molecule has 0 spiro atoms. The molecule has 3 nitrogen and oxygen atoms in total. The van der Waals surface area contributed by atoms with E-state index >= 15 is 0 Å². The van der Waals surface area contributed by atoms with Crippen LogP contribution in [0.2, 0.25) is 0 Å². The average molecular weight is 206 g/mol. The maximum Gasteiger partial charge on any atom is 0.0834 e. The first-order valence-corrected chi connectivity index (χ1v) is 5.09. The van der Waals surface area contributed by atoms with Crippen LogP contribution in [0.4, 0.5) is 0 Å². The van der Waals surface area contributed by atoms with E-state index in [0.29, 0.717) is 6.42 Å². The molecule has 0 atom stereocenters. The van der Waals surface area contributed by atoms with Gasteiger partial charge in [-0.15, -0.1) is 0 Å². The van der Waals surface area contributed by atoms with E-state index in [1.165, 1.54) is 0 Å². The van der Waals surface area contributed by atoms with Crippen molar-refractivity contribution in [3.05, 3.63) is 17.5 Å². The van der Waals surface area contributed by atoms with Crippen molar-refractivity contribution in [3.63, 3.8) is 0 Å². The molecule has 0 saturated heterocycles. The Bertz CT molecular complexity index is 388. The van der Waals surface area contributed by atoms with Crippen molar-refractivity contribution in [1.82, 2.24) is 9.78 Å². The lowest BCUT2D eigenvalue weighted by Crippen LogP contribution is -2.14. The van der Waals surface area contributed by atoms with Gasteiger partial charge < -0.3 is 5.11 Å². The van der Waals surface area contributed by atoms with Crippen molar-refractivity contribution in [1.29, 1.82) is 0 Å². The number of nitrogens with zero attached hydrogens (tertiary/aromatic N) is 2. The van der Waals surface area contributed by atoms with Gasteiger partial charge in [-0.2, -0.15) is 5.10 Å². The average Bonchev–Trinajstić information content (AvgIpc) is 2.47. The van der Waals surface area contributed by atoms with Gasteiger partial charge in [-0.05, 0) is 0 Å². The first-order chi connectivity index (χ1) is 6.95. The summed E-state index contributed by atoms with van der Waals surface area (Å²) in [4.78, 5) is 0. The zero-order valence-electron chi connectivity index (χ0n) is 9.83. The molecule has 1 aromatic heterocycles. The Morgan fingerprint density at radius 2 is 2.13 bits per heavy atom. The van der Waals surface area contributed by atoms with Gasteiger partial charge in [0.15, 0.2) is 0 Å². The van der Waals surface area contributed by atoms with Gasteiger partial charge in [0.25, 0.3) is 0 Å². The second-order valence-electron chi connectivity index (χ2n) is 4.59. The third kappa shape index (κ3) is 3.10. The van der Waals surface area contributed by atoms with Crippen molar-refractivity contribution in [2.75, 3.05) is 6.61 Å². The Hall–Kier alpha value is -1.27. The van der Waals surface area contributed by atoms with Crippen LogP contribution in [-0.2, 0) is 12.5 Å². The summed E-state index contributed by atoms with van der Waals surface area (Å²) >= 11 is 0. The molecule has 1 N–H and O–H groups in total. The minimum absolute atomic E-state index is 0.00445. The summed E-state index contributed by atoms with van der Waals surface area (Å²) in [6, 6.07) is 0. The van der Waals surface area contributed by atoms with Crippen LogP contribution >= 0.6 is 0 Å². The molecule has 1 aromatic rings. The smallest absolute Gasteiger partial charge is 0.0834 e. The molecule has 0 radical (unpaired) electrons. The predicted octanol–water partition coefficient (Wildman–Crippen LogP) is 1.45. The van der Waals surface area contributed by atoms with Gasteiger partial charge in [0.2, 0.25) is 0 Å². The highest BCUT2D eigenvalue weighted by Gasteiger charge is 2.20. The first kappa shape index (κ1) is 11.8. The lowest BCUT2D eigenvalue weighted by molar-refractivity contribution is 0.305. The summed E-state index contributed by atoms with van der Waals surface area (Å²) in [6.07, 6.45) is 2.43. The zero-order valence-corrected chi connectivity index (χ0v) is 9.83. The minimum atomic E-state index is 0.00445. The number of aliphatic hydroxyl groups is 1. The van der Waals surface area contributed by atoms with Crippen LogP contribution in [0.1, 0.15) is 38.4 Å². The highest BCUT2D eigenvalue weighted by Crippen LogP contribution is 2.23. The summed E-state index contributed by atoms with van der Waals surface area (Å²) in [5.41, 5.74) is 1.97. The lowest BCUT2D eigenvalue weighted by atomic mass is 9.90. The van der Waals surface area contributed by atoms with Crippen molar-refractivity contribution in [3.8, 4) is 11.8 Å². The molecular weight excluding hydrogens is 188 g/mol. The molecule has 0 bridgehead atoms. The molecule has 0 aliphatic carbocycles. The molecule has 0 amide bonds. The standard InChI is InChI=1S/C12H18N2O/c1-12(2,3)11-10(7-5-6-8-15)9-14(4)13-11/h9,15H,6,8H2,1-4H3. The minimum Gasteiger partial charge on any atom is -0.395 e. The molecule has 1 rings (SSSR count). The molecule has 3 heteroatoms. The van der Waals surface area contributed by atoms with Crippen molar-refractivity contribution >= 4 is 0 Å². The van der Waals surface area contributed by atoms with E-state index in [9.17, 15) is 0 Å². The number of hydrogen-bond donors (Lipinski definition) is 1. The third-order valence-corrected chi connectivity index (χ3v) is 2.00. The molecule has 0 aromatic carbocycles. The summed E-state index contributed by atoms with van der Waals surface area (Å²) in [7, 11) is 1.90. The molecular formula is C12H18N2O. The Kier molecular flexibility index (Phi) is 3.54. The second kappa shape index (κ2) is 4.50. The fourth-order valence-electron chi connectivity index (χ4n) is 1.35. The summed E-state index contributed by atoms with van der Waals surface area (Å²) in [5.74, 6) is 5.97. The van der Waals surface area contributed by atoms with E-state index in [4.69, 9.17) is 5.11 Å². The van der Waals surface area contributed by atoms with Crippen molar-refractivity contribution < 1.29 is 5.11 Å². The lowest BCUT2D eigenvalue weighted by Gasteiger charge is -2.15. The number of hydrogen-bond acceptors (Lipinski definition) is 2. The first-order valence-electron chi connectivity index (χ1n) is 5.09. The molecule has 0 fully saturated rings. The van der Waals surface area contributed by atoms with Crippen molar-refractivity contribution in [2.45, 2.75) is 32.6 Å². The summed E-state index contributed by atoms with van der Waals surface area (Å²) in [5, 5.41) is 13.1. The molecule has 15 heavy (non-hydrogen) atoms. The van der Waals surface area contributed by atoms with Gasteiger partial charge in [0, 0.05) is 25.1 Å². The van der Waals surface area contributed by atoms with Crippen molar-refractivity contribution in [2.24, 2.45) is 7.05 Å². The van der Waals surface area contributed by atoms with Crippen LogP contribution in [0.3, 0.4) is 0 Å². The van der Waals surface area contributed by atoms with Gasteiger partial charge in [-0.1, -0.05) is 32.6 Å². The Morgan fingerprint density at radius 3 is 2.67 bits per heavy atom. The summed E-state index contributed by atoms with van der Waals surface area (Å²) in [6.45, 7) is 6.46. The Morgan fingerprint density at radius 1 is 1.47 bits per heavy atom. The van der Waals surface area contributed by atoms with Gasteiger partial charge >= 0.3 is 0 Å². The monoisotopic (exact) mass is 206 g/mol. The Balaban J connectivity index is 3.04. The van der Waals surface area contributed by atoms with Gasteiger partial charge in [0.1, 0.15) is 0 Å². The molecule has 0 aliphatic rings. The largest absolute Gasteiger partial charge is 0.395 e. The second-order valence-corrected chi connectivity index (χ2v) is 4.59. The van der Waals surface area contributed by atoms with Crippen LogP contribution in [0, 0.1) is 11.8 Å². The fourth-order valence-corrected chi connectivity index (χ4v) is 1.35. The van der Waals surface area contributed by atoms with Crippen LogP contribution in [-0.4, -0.2) is 21.5 Å². The van der Waals surface area contributed by atoms with Crippen LogP contribution in [0.15, 0.2) is 6.20 Å². The van der Waals surface area contributed by atoms with Gasteiger partial charge in [-0.25, -0.2) is 0 Å². The molecule has 1 heterocycles. The quantitative estimate of drug-likeness (QED) is 0.706. The third-order valence-electron chi connectivity index (χ3n) is 2.00. The highest BCUT2D eigenvalue weighted by atomic mass is 16.2. The molecule has 0 unspecified atom stereocenters. The normalized spacial score (nSPS) is 11.0.